The molecule has 2 aromatic rings. The van der Waals surface area contributed by atoms with Gasteiger partial charge in [-0.1, -0.05) is 31.2 Å². The summed E-state index contributed by atoms with van der Waals surface area (Å²) in [5.74, 6) is 1.28. The number of nitrogens with zero attached hydrogens (tertiary/aromatic N) is 1. The normalized spacial score (nSPS) is 10.7. The van der Waals surface area contributed by atoms with Gasteiger partial charge in [-0.05, 0) is 17.7 Å². The molecule has 1 heterocycles. The highest BCUT2D eigenvalue weighted by molar-refractivity contribution is 7.98. The largest absolute Gasteiger partial charge is 0.481 e. The average molecular weight is 307 g/mol. The Kier molecular flexibility index (Phi) is 5.61. The molecule has 0 amide bonds. The van der Waals surface area contributed by atoms with Gasteiger partial charge >= 0.3 is 5.97 Å². The van der Waals surface area contributed by atoms with Crippen molar-refractivity contribution in [2.24, 2.45) is 0 Å². The summed E-state index contributed by atoms with van der Waals surface area (Å²) in [6, 6.07) is 8.22. The minimum Gasteiger partial charge on any atom is -0.481 e. The molecule has 0 unspecified atom stereocenters. The van der Waals surface area contributed by atoms with Crippen LogP contribution in [-0.4, -0.2) is 21.8 Å². The van der Waals surface area contributed by atoms with Gasteiger partial charge < -0.3 is 5.11 Å². The van der Waals surface area contributed by atoms with E-state index in [1.807, 2.05) is 29.3 Å². The van der Waals surface area contributed by atoms with Crippen LogP contribution in [0.1, 0.15) is 24.6 Å². The zero-order valence-electron chi connectivity index (χ0n) is 11.3. The first-order valence-corrected chi connectivity index (χ1v) is 8.56. The van der Waals surface area contributed by atoms with Gasteiger partial charge in [0, 0.05) is 16.7 Å². The highest BCUT2D eigenvalue weighted by Crippen LogP contribution is 2.29. The highest BCUT2D eigenvalue weighted by atomic mass is 32.2. The van der Waals surface area contributed by atoms with Crippen LogP contribution in [0.3, 0.4) is 0 Å². The summed E-state index contributed by atoms with van der Waals surface area (Å²) < 4.78 is 0. The standard InChI is InChI=1S/C15H17NO2S2/c1-2-7-19-9-11-5-3-4-6-13(11)15-16-12(10-20-15)8-14(17)18/h3-6,10H,2,7-9H2,1H3,(H,17,18). The third-order valence-electron chi connectivity index (χ3n) is 2.74. The molecule has 106 valence electrons. The van der Waals surface area contributed by atoms with E-state index in [9.17, 15) is 4.79 Å². The predicted octanol–water partition coefficient (Wildman–Crippen LogP) is 4.08. The molecule has 5 heteroatoms. The van der Waals surface area contributed by atoms with E-state index >= 15 is 0 Å². The maximum absolute atomic E-state index is 10.7. The molecule has 1 aromatic carbocycles. The second kappa shape index (κ2) is 7.45. The fraction of sp³-hybridized carbons (Fsp3) is 0.333. The van der Waals surface area contributed by atoms with E-state index in [-0.39, 0.29) is 6.42 Å². The number of thiazole rings is 1. The monoisotopic (exact) mass is 307 g/mol. The number of hydrogen-bond donors (Lipinski definition) is 1. The molecule has 0 saturated carbocycles. The Morgan fingerprint density at radius 3 is 2.95 bits per heavy atom. The number of carboxylic acids is 1. The van der Waals surface area contributed by atoms with Crippen LogP contribution in [0, 0.1) is 0 Å². The third kappa shape index (κ3) is 4.08. The summed E-state index contributed by atoms with van der Waals surface area (Å²) in [6.45, 7) is 2.18. The minimum absolute atomic E-state index is 0.0107. The quantitative estimate of drug-likeness (QED) is 0.783. The van der Waals surface area contributed by atoms with Crippen molar-refractivity contribution in [1.82, 2.24) is 4.98 Å². The summed E-state index contributed by atoms with van der Waals surface area (Å²) >= 11 is 3.43. The van der Waals surface area contributed by atoms with Crippen LogP contribution in [0.2, 0.25) is 0 Å². The lowest BCUT2D eigenvalue weighted by Crippen LogP contribution is -2.00. The zero-order chi connectivity index (χ0) is 14.4. The van der Waals surface area contributed by atoms with Gasteiger partial charge in [-0.2, -0.15) is 11.8 Å². The van der Waals surface area contributed by atoms with E-state index in [0.29, 0.717) is 5.69 Å². The molecule has 3 nitrogen and oxygen atoms in total. The first kappa shape index (κ1) is 15.1. The van der Waals surface area contributed by atoms with Gasteiger partial charge in [0.25, 0.3) is 0 Å². The predicted molar refractivity (Wildman–Crippen MR) is 85.3 cm³/mol. The first-order chi connectivity index (χ1) is 9.70. The summed E-state index contributed by atoms with van der Waals surface area (Å²) in [5, 5.41) is 11.5. The Labute approximate surface area is 127 Å². The highest BCUT2D eigenvalue weighted by Gasteiger charge is 2.11. The molecule has 0 fully saturated rings. The lowest BCUT2D eigenvalue weighted by molar-refractivity contribution is -0.136. The number of rotatable bonds is 7. The Bertz CT molecular complexity index is 581. The number of hydrogen-bond acceptors (Lipinski definition) is 4. The smallest absolute Gasteiger partial charge is 0.309 e. The van der Waals surface area contributed by atoms with E-state index < -0.39 is 5.97 Å². The molecule has 2 rings (SSSR count). The summed E-state index contributed by atoms with van der Waals surface area (Å²) in [6.07, 6.45) is 1.16. The molecule has 0 aliphatic rings. The second-order valence-corrected chi connectivity index (χ2v) is 6.39. The maximum atomic E-state index is 10.7. The average Bonchev–Trinajstić information content (AvgIpc) is 2.87. The summed E-state index contributed by atoms with van der Waals surface area (Å²) in [7, 11) is 0. The molecule has 0 bridgehead atoms. The number of aromatic nitrogens is 1. The van der Waals surface area contributed by atoms with Crippen molar-refractivity contribution in [2.75, 3.05) is 5.75 Å². The van der Waals surface area contributed by atoms with Crippen LogP contribution in [0.15, 0.2) is 29.6 Å². The van der Waals surface area contributed by atoms with E-state index in [1.165, 1.54) is 23.3 Å². The fourth-order valence-electron chi connectivity index (χ4n) is 1.85. The Morgan fingerprint density at radius 1 is 1.40 bits per heavy atom. The van der Waals surface area contributed by atoms with Crippen molar-refractivity contribution in [2.45, 2.75) is 25.5 Å². The van der Waals surface area contributed by atoms with Crippen molar-refractivity contribution in [3.63, 3.8) is 0 Å². The van der Waals surface area contributed by atoms with Crippen molar-refractivity contribution in [1.29, 1.82) is 0 Å². The molecular weight excluding hydrogens is 290 g/mol. The molecule has 0 spiro atoms. The van der Waals surface area contributed by atoms with Crippen LogP contribution in [0.25, 0.3) is 10.6 Å². The lowest BCUT2D eigenvalue weighted by atomic mass is 10.1. The van der Waals surface area contributed by atoms with E-state index in [1.54, 1.807) is 0 Å². The molecule has 0 aliphatic heterocycles. The molecule has 20 heavy (non-hydrogen) atoms. The van der Waals surface area contributed by atoms with Gasteiger partial charge in [-0.25, -0.2) is 4.98 Å². The first-order valence-electron chi connectivity index (χ1n) is 6.53. The Balaban J connectivity index is 2.18. The van der Waals surface area contributed by atoms with Gasteiger partial charge in [-0.3, -0.25) is 4.79 Å². The molecule has 0 radical (unpaired) electrons. The third-order valence-corrected chi connectivity index (χ3v) is 4.87. The Hall–Kier alpha value is -1.33. The van der Waals surface area contributed by atoms with Crippen molar-refractivity contribution >= 4 is 29.1 Å². The van der Waals surface area contributed by atoms with E-state index in [4.69, 9.17) is 5.11 Å². The lowest BCUT2D eigenvalue weighted by Gasteiger charge is -2.06. The Morgan fingerprint density at radius 2 is 2.20 bits per heavy atom. The number of thioether (sulfide) groups is 1. The van der Waals surface area contributed by atoms with E-state index in [2.05, 4.69) is 24.0 Å². The van der Waals surface area contributed by atoms with Crippen molar-refractivity contribution in [3.05, 3.63) is 40.9 Å². The molecule has 1 aromatic heterocycles. The van der Waals surface area contributed by atoms with Crippen molar-refractivity contribution < 1.29 is 9.90 Å². The van der Waals surface area contributed by atoms with Gasteiger partial charge in [-0.15, -0.1) is 11.3 Å². The van der Waals surface area contributed by atoms with Crippen LogP contribution in [0.5, 0.6) is 0 Å². The zero-order valence-corrected chi connectivity index (χ0v) is 13.0. The molecular formula is C15H17NO2S2. The van der Waals surface area contributed by atoms with Gasteiger partial charge in [0.05, 0.1) is 12.1 Å². The number of carboxylic acid groups (broad SMARTS) is 1. The summed E-state index contributed by atoms with van der Waals surface area (Å²) in [5.41, 5.74) is 3.02. The fourth-order valence-corrected chi connectivity index (χ4v) is 3.63. The van der Waals surface area contributed by atoms with Crippen LogP contribution in [-0.2, 0) is 17.0 Å². The SMILES string of the molecule is CCCSCc1ccccc1-c1nc(CC(=O)O)cs1. The topological polar surface area (TPSA) is 50.2 Å². The molecule has 0 atom stereocenters. The van der Waals surface area contributed by atoms with E-state index in [0.717, 1.165) is 22.1 Å². The van der Waals surface area contributed by atoms with Gasteiger partial charge in [0.1, 0.15) is 5.01 Å². The minimum atomic E-state index is -0.839. The second-order valence-electron chi connectivity index (χ2n) is 4.42. The number of benzene rings is 1. The maximum Gasteiger partial charge on any atom is 0.309 e. The van der Waals surface area contributed by atoms with Crippen LogP contribution in [0.4, 0.5) is 0 Å². The number of aliphatic carboxylic acids is 1. The summed E-state index contributed by atoms with van der Waals surface area (Å²) in [4.78, 5) is 15.2. The van der Waals surface area contributed by atoms with Crippen LogP contribution < -0.4 is 0 Å². The number of carbonyl (C=O) groups is 1. The molecule has 1 N–H and O–H groups in total. The van der Waals surface area contributed by atoms with Gasteiger partial charge in [0.15, 0.2) is 0 Å². The molecule has 0 aliphatic carbocycles. The van der Waals surface area contributed by atoms with Gasteiger partial charge in [0.2, 0.25) is 0 Å². The van der Waals surface area contributed by atoms with Crippen LogP contribution >= 0.6 is 23.1 Å². The van der Waals surface area contributed by atoms with Crippen molar-refractivity contribution in [3.8, 4) is 10.6 Å². The molecule has 0 saturated heterocycles.